The van der Waals surface area contributed by atoms with E-state index in [0.29, 0.717) is 11.5 Å². The summed E-state index contributed by atoms with van der Waals surface area (Å²) in [5.41, 5.74) is 6.42. The van der Waals surface area contributed by atoms with Crippen molar-refractivity contribution in [2.45, 2.75) is 64.2 Å². The highest BCUT2D eigenvalue weighted by Crippen LogP contribution is 2.25. The summed E-state index contributed by atoms with van der Waals surface area (Å²) in [6.07, 6.45) is 9.26. The maximum Gasteiger partial charge on any atom is 0.344 e. The Balaban J connectivity index is 3.35. The van der Waals surface area contributed by atoms with Gasteiger partial charge in [0.1, 0.15) is 0 Å². The number of rotatable bonds is 16. The zero-order valence-corrected chi connectivity index (χ0v) is 21.3. The van der Waals surface area contributed by atoms with Crippen LogP contribution in [-0.2, 0) is 16.1 Å². The molecule has 0 aliphatic heterocycles. The van der Waals surface area contributed by atoms with Gasteiger partial charge < -0.3 is 15.7 Å². The number of thiol groups is 1. The molecule has 1 amide bonds. The molecule has 0 saturated carbocycles. The Labute approximate surface area is 202 Å². The number of aryl methyl sites for hydroxylation is 1. The third-order valence-corrected chi connectivity index (χ3v) is 6.53. The number of aliphatic carboxylic acids is 1. The van der Waals surface area contributed by atoms with E-state index in [2.05, 4.69) is 24.9 Å². The number of carboxylic acids is 1. The van der Waals surface area contributed by atoms with E-state index in [1.54, 1.807) is 11.8 Å². The third-order valence-electron chi connectivity index (χ3n) is 5.45. The van der Waals surface area contributed by atoms with Crippen molar-refractivity contribution in [2.24, 2.45) is 5.73 Å². The number of thioether (sulfide) groups is 1. The smallest absolute Gasteiger partial charge is 0.344 e. The summed E-state index contributed by atoms with van der Waals surface area (Å²) in [5, 5.41) is 13.5. The Morgan fingerprint density at radius 3 is 2.66 bits per heavy atom. The molecule has 0 aliphatic carbocycles. The number of nitrogens with zero attached hydrogens (tertiary/aromatic N) is 1. The predicted octanol–water partition coefficient (Wildman–Crippen LogP) is 3.84. The number of carbonyl (C=O) groups is 2. The fourth-order valence-corrected chi connectivity index (χ4v) is 3.99. The molecular formula is C24H39N3O3S2. The van der Waals surface area contributed by atoms with Gasteiger partial charge in [-0.05, 0) is 36.5 Å². The highest BCUT2D eigenvalue weighted by molar-refractivity contribution is 7.98. The molecule has 0 saturated heterocycles. The van der Waals surface area contributed by atoms with Crippen LogP contribution in [0.3, 0.4) is 0 Å². The van der Waals surface area contributed by atoms with E-state index in [1.807, 2.05) is 49.6 Å². The largest absolute Gasteiger partial charge is 0.478 e. The van der Waals surface area contributed by atoms with E-state index in [0.717, 1.165) is 30.4 Å². The zero-order chi connectivity index (χ0) is 24.0. The van der Waals surface area contributed by atoms with Gasteiger partial charge in [0.05, 0.1) is 0 Å². The first-order valence-corrected chi connectivity index (χ1v) is 13.2. The van der Waals surface area contributed by atoms with Gasteiger partial charge in [0.2, 0.25) is 5.91 Å². The number of carboxylic acid groups (broad SMARTS) is 1. The number of unbranched alkanes of at least 4 members (excludes halogenated alkanes) is 2. The summed E-state index contributed by atoms with van der Waals surface area (Å²) in [5.74, 6) is -0.303. The molecular weight excluding hydrogens is 442 g/mol. The number of nitrogens with two attached hydrogens (primary N) is 1. The van der Waals surface area contributed by atoms with Crippen LogP contribution in [0.25, 0.3) is 0 Å². The Morgan fingerprint density at radius 2 is 2.06 bits per heavy atom. The lowest BCUT2D eigenvalue weighted by molar-refractivity contribution is -0.163. The van der Waals surface area contributed by atoms with Gasteiger partial charge in [-0.15, -0.1) is 0 Å². The second-order valence-electron chi connectivity index (χ2n) is 7.96. The second kappa shape index (κ2) is 15.4. The van der Waals surface area contributed by atoms with Crippen molar-refractivity contribution < 1.29 is 14.7 Å². The van der Waals surface area contributed by atoms with Crippen molar-refractivity contribution in [2.75, 3.05) is 24.3 Å². The Kier molecular flexibility index (Phi) is 13.7. The molecule has 6 nitrogen and oxygen atoms in total. The molecule has 2 atom stereocenters. The monoisotopic (exact) mass is 481 g/mol. The van der Waals surface area contributed by atoms with Crippen LogP contribution in [0, 0.1) is 6.92 Å². The van der Waals surface area contributed by atoms with Crippen LogP contribution in [0.5, 0.6) is 0 Å². The number of allylic oxidation sites excluding steroid dienone is 1. The molecule has 0 heterocycles. The third kappa shape index (κ3) is 8.81. The van der Waals surface area contributed by atoms with Crippen LogP contribution >= 0.6 is 24.4 Å². The summed E-state index contributed by atoms with van der Waals surface area (Å²) in [6.45, 7) is 4.54. The molecule has 180 valence electrons. The average Bonchev–Trinajstić information content (AvgIpc) is 2.78. The van der Waals surface area contributed by atoms with Crippen molar-refractivity contribution in [3.05, 3.63) is 47.5 Å². The second-order valence-corrected chi connectivity index (χ2v) is 9.31. The molecule has 0 fully saturated rings. The molecule has 0 radical (unpaired) electrons. The minimum atomic E-state index is -1.56. The topological polar surface area (TPSA) is 95.7 Å². The summed E-state index contributed by atoms with van der Waals surface area (Å²) in [6, 6.07) is 7.42. The molecule has 0 unspecified atom stereocenters. The van der Waals surface area contributed by atoms with Gasteiger partial charge in [-0.1, -0.05) is 56.2 Å². The van der Waals surface area contributed by atoms with Gasteiger partial charge in [-0.3, -0.25) is 10.1 Å². The van der Waals surface area contributed by atoms with E-state index in [4.69, 9.17) is 5.73 Å². The summed E-state index contributed by atoms with van der Waals surface area (Å²) in [7, 11) is 0. The van der Waals surface area contributed by atoms with Crippen molar-refractivity contribution in [3.8, 4) is 0 Å². The van der Waals surface area contributed by atoms with Crippen LogP contribution in [0.2, 0.25) is 0 Å². The molecule has 0 aromatic heterocycles. The molecule has 0 bridgehead atoms. The molecule has 32 heavy (non-hydrogen) atoms. The van der Waals surface area contributed by atoms with Crippen molar-refractivity contribution in [3.63, 3.8) is 0 Å². The average molecular weight is 482 g/mol. The summed E-state index contributed by atoms with van der Waals surface area (Å²) < 4.78 is 0. The number of nitrogens with one attached hydrogen (secondary N) is 1. The first-order valence-electron chi connectivity index (χ1n) is 11.2. The highest BCUT2D eigenvalue weighted by atomic mass is 32.2. The van der Waals surface area contributed by atoms with E-state index < -0.39 is 11.6 Å². The van der Waals surface area contributed by atoms with Gasteiger partial charge in [0.25, 0.3) is 0 Å². The minimum absolute atomic E-state index is 0.157. The van der Waals surface area contributed by atoms with Crippen LogP contribution in [-0.4, -0.2) is 57.9 Å². The van der Waals surface area contributed by atoms with Gasteiger partial charge in [-0.25, -0.2) is 4.79 Å². The first-order chi connectivity index (χ1) is 15.3. The lowest BCUT2D eigenvalue weighted by Crippen LogP contribution is -2.67. The Morgan fingerprint density at radius 1 is 1.34 bits per heavy atom. The fourth-order valence-electron chi connectivity index (χ4n) is 3.36. The fraction of sp³-hybridized carbons (Fsp3) is 0.583. The molecule has 0 spiro atoms. The highest BCUT2D eigenvalue weighted by Gasteiger charge is 2.46. The number of hydrogen-bond donors (Lipinski definition) is 4. The lowest BCUT2D eigenvalue weighted by atomic mass is 10.00. The normalized spacial score (nSPS) is 14.3. The van der Waals surface area contributed by atoms with Crippen molar-refractivity contribution in [1.82, 2.24) is 10.2 Å². The number of benzene rings is 1. The van der Waals surface area contributed by atoms with Crippen LogP contribution in [0.15, 0.2) is 36.4 Å². The zero-order valence-electron chi connectivity index (χ0n) is 19.5. The number of carbonyl (C=O) groups excluding carboxylic acids is 1. The number of amides is 1. The van der Waals surface area contributed by atoms with Crippen molar-refractivity contribution >= 4 is 36.3 Å². The van der Waals surface area contributed by atoms with Crippen LogP contribution < -0.4 is 11.1 Å². The van der Waals surface area contributed by atoms with Crippen molar-refractivity contribution in [1.29, 1.82) is 0 Å². The maximum absolute atomic E-state index is 13.4. The maximum atomic E-state index is 13.4. The van der Waals surface area contributed by atoms with E-state index >= 15 is 0 Å². The molecule has 0 aliphatic rings. The minimum Gasteiger partial charge on any atom is -0.478 e. The Hall–Kier alpha value is -1.48. The van der Waals surface area contributed by atoms with E-state index in [9.17, 15) is 14.7 Å². The van der Waals surface area contributed by atoms with Gasteiger partial charge >= 0.3 is 5.97 Å². The SMILES string of the molecule is CCCC/C=C/CC(=O)N(Cc1ccccc1C)[C@](CCSC)(NC[C@@H](N)CS)C(=O)O. The molecule has 1 aromatic rings. The molecule has 4 N–H and O–H groups in total. The molecule has 1 rings (SSSR count). The van der Waals surface area contributed by atoms with E-state index in [1.165, 1.54) is 4.90 Å². The Bertz CT molecular complexity index is 745. The quantitative estimate of drug-likeness (QED) is 0.124. The lowest BCUT2D eigenvalue weighted by Gasteiger charge is -2.42. The summed E-state index contributed by atoms with van der Waals surface area (Å²) in [4.78, 5) is 27.6. The predicted molar refractivity (Wildman–Crippen MR) is 138 cm³/mol. The molecule has 1 aromatic carbocycles. The van der Waals surface area contributed by atoms with Gasteiger partial charge in [-0.2, -0.15) is 24.4 Å². The van der Waals surface area contributed by atoms with E-state index in [-0.39, 0.29) is 37.9 Å². The van der Waals surface area contributed by atoms with Gasteiger partial charge in [0.15, 0.2) is 5.66 Å². The van der Waals surface area contributed by atoms with Gasteiger partial charge in [0, 0.05) is 37.7 Å². The summed E-state index contributed by atoms with van der Waals surface area (Å²) >= 11 is 5.77. The first kappa shape index (κ1) is 28.6. The number of hydrogen-bond acceptors (Lipinski definition) is 6. The van der Waals surface area contributed by atoms with Crippen LogP contribution in [0.4, 0.5) is 0 Å². The van der Waals surface area contributed by atoms with Crippen LogP contribution in [0.1, 0.15) is 50.2 Å². The molecule has 8 heteroatoms. The standard InChI is InChI=1S/C24H39N3O3S2/c1-4-5-6-7-8-13-22(28)27(17-20-12-10-9-11-19(20)2)24(23(29)30,14-15-32-3)26-16-21(25)18-31/h7-12,21,26,31H,4-6,13-18,25H2,1-3H3,(H,29,30)/b8-7+/t21-,24+/m1/s1.